The third-order valence-electron chi connectivity index (χ3n) is 9.72. The molecular formula is C38H35F2N5O3S. The van der Waals surface area contributed by atoms with Crippen molar-refractivity contribution in [3.8, 4) is 5.88 Å². The molecule has 4 aromatic carbocycles. The van der Waals surface area contributed by atoms with E-state index >= 15 is 8.60 Å². The van der Waals surface area contributed by atoms with E-state index in [1.807, 2.05) is 97.9 Å². The van der Waals surface area contributed by atoms with E-state index in [9.17, 15) is 9.18 Å². The maximum absolute atomic E-state index is 15.8. The standard InChI is InChI=1S/C38H35F2N5O3S/c1-24-23-45-36(48-24)33(22-41-45)49(47,43-37(46)42-35-30-19-11-18-29(30)34(40)31-20-28(39)21-32(31)35)44-38(25-12-5-2-6-13-25,26-14-7-3-8-15-26)27-16-9-4-10-17-27/h2-10,12-17,22,24,28H,11,18-21,23H2,1H3,(H2,42,43,44,46,47)/t24-,28-,49-/m1/s1. The Bertz CT molecular complexity index is 2090. The lowest BCUT2D eigenvalue weighted by Crippen LogP contribution is -2.48. The molecule has 250 valence electrons. The maximum Gasteiger partial charge on any atom is 0.354 e. The molecule has 2 amide bonds. The summed E-state index contributed by atoms with van der Waals surface area (Å²) in [5, 5.41) is 7.33. The number of benzene rings is 4. The van der Waals surface area contributed by atoms with E-state index in [-0.39, 0.29) is 35.5 Å². The number of urea groups is 1. The van der Waals surface area contributed by atoms with Crippen LogP contribution in [0.25, 0.3) is 0 Å². The monoisotopic (exact) mass is 679 g/mol. The van der Waals surface area contributed by atoms with E-state index in [0.29, 0.717) is 47.3 Å². The summed E-state index contributed by atoms with van der Waals surface area (Å²) < 4.78 is 61.6. The number of anilines is 1. The molecular weight excluding hydrogens is 645 g/mol. The molecule has 0 fully saturated rings. The molecule has 1 aliphatic heterocycles. The fourth-order valence-corrected chi connectivity index (χ4v) is 9.48. The zero-order valence-electron chi connectivity index (χ0n) is 26.9. The Hall–Kier alpha value is -4.87. The van der Waals surface area contributed by atoms with Gasteiger partial charge in [0, 0.05) is 18.5 Å². The van der Waals surface area contributed by atoms with Crippen LogP contribution in [0.3, 0.4) is 0 Å². The number of hydrogen-bond acceptors (Lipinski definition) is 4. The van der Waals surface area contributed by atoms with Gasteiger partial charge in [-0.25, -0.2) is 27.2 Å². The summed E-state index contributed by atoms with van der Waals surface area (Å²) in [5.74, 6) is -0.114. The smallest absolute Gasteiger partial charge is 0.354 e. The van der Waals surface area contributed by atoms with Gasteiger partial charge in [0.15, 0.2) is 9.92 Å². The second-order valence-electron chi connectivity index (χ2n) is 12.9. The van der Waals surface area contributed by atoms with Crippen LogP contribution in [-0.4, -0.2) is 32.3 Å². The summed E-state index contributed by atoms with van der Waals surface area (Å²) in [7, 11) is -3.94. The zero-order valence-corrected chi connectivity index (χ0v) is 27.7. The Kier molecular flexibility index (Phi) is 7.83. The SMILES string of the molecule is C[C@@H]1Cn2ncc([S@@](=O)(=NC(=O)Nc3c4c(c(F)c5c3C[C@H](F)C5)CCC4)NC(c3ccccc3)(c3ccccc3)c3ccccc3)c2O1. The van der Waals surface area contributed by atoms with Gasteiger partial charge in [0.2, 0.25) is 5.88 Å². The van der Waals surface area contributed by atoms with Gasteiger partial charge in [-0.2, -0.15) is 5.10 Å². The summed E-state index contributed by atoms with van der Waals surface area (Å²) in [4.78, 5) is 14.3. The lowest BCUT2D eigenvalue weighted by Gasteiger charge is -2.37. The number of carbonyl (C=O) groups excluding carboxylic acids is 1. The van der Waals surface area contributed by atoms with E-state index in [1.165, 1.54) is 6.20 Å². The Morgan fingerprint density at radius 2 is 1.47 bits per heavy atom. The number of nitrogens with zero attached hydrogens (tertiary/aromatic N) is 3. The first-order valence-corrected chi connectivity index (χ1v) is 18.0. The first-order chi connectivity index (χ1) is 23.8. The second-order valence-corrected chi connectivity index (χ2v) is 14.8. The van der Waals surface area contributed by atoms with Crippen LogP contribution < -0.4 is 14.8 Å². The molecule has 0 bridgehead atoms. The van der Waals surface area contributed by atoms with Gasteiger partial charge in [-0.1, -0.05) is 91.0 Å². The molecule has 11 heteroatoms. The molecule has 2 N–H and O–H groups in total. The van der Waals surface area contributed by atoms with E-state index < -0.39 is 27.7 Å². The van der Waals surface area contributed by atoms with Crippen LogP contribution in [-0.2, 0) is 47.7 Å². The second kappa shape index (κ2) is 12.2. The molecule has 5 aromatic rings. The third kappa shape index (κ3) is 5.32. The first-order valence-electron chi connectivity index (χ1n) is 16.5. The molecule has 2 aliphatic carbocycles. The van der Waals surface area contributed by atoms with Crippen molar-refractivity contribution in [3.05, 3.63) is 142 Å². The van der Waals surface area contributed by atoms with Crippen molar-refractivity contribution >= 4 is 21.6 Å². The summed E-state index contributed by atoms with van der Waals surface area (Å²) in [6.45, 7) is 2.32. The molecule has 0 spiro atoms. The Labute approximate surface area is 283 Å². The van der Waals surface area contributed by atoms with Crippen LogP contribution in [0.4, 0.5) is 19.3 Å². The van der Waals surface area contributed by atoms with Crippen LogP contribution in [0.2, 0.25) is 0 Å². The van der Waals surface area contributed by atoms with Crippen molar-refractivity contribution in [1.82, 2.24) is 14.5 Å². The van der Waals surface area contributed by atoms with Crippen LogP contribution in [0.1, 0.15) is 52.3 Å². The molecule has 0 unspecified atom stereocenters. The van der Waals surface area contributed by atoms with Crippen molar-refractivity contribution in [2.45, 2.75) is 68.3 Å². The van der Waals surface area contributed by atoms with Gasteiger partial charge < -0.3 is 10.1 Å². The molecule has 0 saturated heterocycles. The highest BCUT2D eigenvalue weighted by Gasteiger charge is 2.43. The van der Waals surface area contributed by atoms with Crippen LogP contribution in [0.5, 0.6) is 5.88 Å². The number of nitrogens with one attached hydrogen (secondary N) is 2. The van der Waals surface area contributed by atoms with Gasteiger partial charge in [-0.3, -0.25) is 0 Å². The topological polar surface area (TPSA) is 97.6 Å². The molecule has 0 radical (unpaired) electrons. The molecule has 2 heterocycles. The molecule has 3 aliphatic rings. The molecule has 3 atom stereocenters. The molecule has 0 saturated carbocycles. The van der Waals surface area contributed by atoms with Crippen molar-refractivity contribution in [2.24, 2.45) is 4.36 Å². The Morgan fingerprint density at radius 1 is 0.898 bits per heavy atom. The van der Waals surface area contributed by atoms with E-state index in [4.69, 9.17) is 4.74 Å². The van der Waals surface area contributed by atoms with Crippen molar-refractivity contribution in [1.29, 1.82) is 0 Å². The normalized spacial score (nSPS) is 19.0. The lowest BCUT2D eigenvalue weighted by atomic mass is 9.78. The fraction of sp³-hybridized carbons (Fsp3) is 0.263. The highest BCUT2D eigenvalue weighted by atomic mass is 32.2. The summed E-state index contributed by atoms with van der Waals surface area (Å²) in [6, 6.07) is 27.8. The number of fused-ring (bicyclic) bond motifs is 3. The minimum Gasteiger partial charge on any atom is -0.472 e. The van der Waals surface area contributed by atoms with Gasteiger partial charge in [0.25, 0.3) is 0 Å². The maximum atomic E-state index is 15.8. The third-order valence-corrected chi connectivity index (χ3v) is 11.6. The quantitative estimate of drug-likeness (QED) is 0.177. The largest absolute Gasteiger partial charge is 0.472 e. The fourth-order valence-electron chi connectivity index (χ4n) is 7.60. The molecule has 1 aromatic heterocycles. The number of hydrogen-bond donors (Lipinski definition) is 2. The van der Waals surface area contributed by atoms with Gasteiger partial charge in [-0.05, 0) is 65.1 Å². The zero-order chi connectivity index (χ0) is 33.8. The predicted octanol–water partition coefficient (Wildman–Crippen LogP) is 7.28. The van der Waals surface area contributed by atoms with Crippen molar-refractivity contribution < 1.29 is 22.5 Å². The molecule has 8 nitrogen and oxygen atoms in total. The van der Waals surface area contributed by atoms with Crippen LogP contribution >= 0.6 is 0 Å². The predicted molar refractivity (Wildman–Crippen MR) is 183 cm³/mol. The highest BCUT2D eigenvalue weighted by molar-refractivity contribution is 7.92. The van der Waals surface area contributed by atoms with Gasteiger partial charge in [0.05, 0.1) is 12.7 Å². The van der Waals surface area contributed by atoms with Gasteiger partial charge >= 0.3 is 6.03 Å². The number of rotatable bonds is 7. The average Bonchev–Trinajstić information content (AvgIpc) is 3.91. The van der Waals surface area contributed by atoms with Crippen LogP contribution in [0.15, 0.2) is 106 Å². The minimum absolute atomic E-state index is 0.00937. The van der Waals surface area contributed by atoms with E-state index in [0.717, 1.165) is 23.1 Å². The number of ether oxygens (including phenoxy) is 1. The number of amides is 2. The summed E-state index contributed by atoms with van der Waals surface area (Å²) >= 11 is 0. The number of alkyl halides is 1. The molecule has 49 heavy (non-hydrogen) atoms. The minimum atomic E-state index is -3.94. The average molecular weight is 680 g/mol. The summed E-state index contributed by atoms with van der Waals surface area (Å²) in [6.07, 6.45) is 1.67. The number of carbonyl (C=O) groups is 1. The van der Waals surface area contributed by atoms with E-state index in [1.54, 1.807) is 4.68 Å². The number of halogens is 2. The highest BCUT2D eigenvalue weighted by Crippen LogP contribution is 2.43. The number of aromatic nitrogens is 2. The van der Waals surface area contributed by atoms with Crippen molar-refractivity contribution in [2.75, 3.05) is 5.32 Å². The van der Waals surface area contributed by atoms with Gasteiger partial charge in [-0.15, -0.1) is 4.36 Å². The van der Waals surface area contributed by atoms with E-state index in [2.05, 4.69) is 19.5 Å². The lowest BCUT2D eigenvalue weighted by molar-refractivity contribution is 0.248. The van der Waals surface area contributed by atoms with Gasteiger partial charge in [0.1, 0.15) is 28.5 Å². The van der Waals surface area contributed by atoms with Crippen LogP contribution in [0, 0.1) is 5.82 Å². The van der Waals surface area contributed by atoms with Crippen molar-refractivity contribution in [3.63, 3.8) is 0 Å². The Balaban J connectivity index is 1.33. The molecule has 8 rings (SSSR count). The Morgan fingerprint density at radius 3 is 2.08 bits per heavy atom. The summed E-state index contributed by atoms with van der Waals surface area (Å²) in [5.41, 5.74) is 3.30. The first kappa shape index (κ1) is 31.4.